The minimum Gasteiger partial charge on any atom is -0.496 e. The zero-order chi connectivity index (χ0) is 18.7. The first kappa shape index (κ1) is 17.8. The van der Waals surface area contributed by atoms with Crippen molar-refractivity contribution < 1.29 is 13.9 Å². The SMILES string of the molecule is COc1cc2occ(-c3ccccc3)c2cc1/C(C)=C/C(=O)NC(C)C. The van der Waals surface area contributed by atoms with Crippen molar-refractivity contribution in [3.63, 3.8) is 0 Å². The summed E-state index contributed by atoms with van der Waals surface area (Å²) in [4.78, 5) is 12.1. The van der Waals surface area contributed by atoms with Crippen molar-refractivity contribution in [1.29, 1.82) is 0 Å². The van der Waals surface area contributed by atoms with Gasteiger partial charge in [-0.05, 0) is 38.0 Å². The van der Waals surface area contributed by atoms with Crippen LogP contribution in [0.2, 0.25) is 0 Å². The Labute approximate surface area is 153 Å². The van der Waals surface area contributed by atoms with E-state index in [0.717, 1.165) is 33.2 Å². The maximum Gasteiger partial charge on any atom is 0.244 e. The molecule has 4 nitrogen and oxygen atoms in total. The molecule has 0 saturated carbocycles. The average Bonchev–Trinajstić information content (AvgIpc) is 3.03. The number of hydrogen-bond donors (Lipinski definition) is 1. The van der Waals surface area contributed by atoms with Crippen LogP contribution in [0.15, 0.2) is 59.2 Å². The van der Waals surface area contributed by atoms with E-state index in [2.05, 4.69) is 5.32 Å². The summed E-state index contributed by atoms with van der Waals surface area (Å²) < 4.78 is 11.3. The molecule has 1 aromatic heterocycles. The summed E-state index contributed by atoms with van der Waals surface area (Å²) in [5.74, 6) is 0.563. The Hall–Kier alpha value is -3.01. The number of nitrogens with one attached hydrogen (secondary N) is 1. The highest BCUT2D eigenvalue weighted by Crippen LogP contribution is 2.37. The van der Waals surface area contributed by atoms with E-state index >= 15 is 0 Å². The molecule has 1 heterocycles. The van der Waals surface area contributed by atoms with E-state index in [0.29, 0.717) is 5.75 Å². The molecule has 2 aromatic carbocycles. The second kappa shape index (κ2) is 7.48. The van der Waals surface area contributed by atoms with Gasteiger partial charge in [-0.1, -0.05) is 30.3 Å². The normalized spacial score (nSPS) is 11.8. The molecule has 134 valence electrons. The first-order chi connectivity index (χ1) is 12.5. The lowest BCUT2D eigenvalue weighted by molar-refractivity contribution is -0.116. The van der Waals surface area contributed by atoms with Crippen molar-refractivity contribution in [3.05, 3.63) is 60.4 Å². The van der Waals surface area contributed by atoms with Gasteiger partial charge in [-0.2, -0.15) is 0 Å². The molecule has 0 aliphatic heterocycles. The van der Waals surface area contributed by atoms with Crippen LogP contribution in [-0.4, -0.2) is 19.1 Å². The largest absolute Gasteiger partial charge is 0.496 e. The highest BCUT2D eigenvalue weighted by molar-refractivity contribution is 6.00. The standard InChI is InChI=1S/C22H23NO3/c1-14(2)23-22(24)10-15(3)17-11-18-19(16-8-6-5-7-9-16)13-26-21(18)12-20(17)25-4/h5-14H,1-4H3,(H,23,24)/b15-10+. The third-order valence-corrected chi connectivity index (χ3v) is 4.18. The van der Waals surface area contributed by atoms with E-state index in [1.54, 1.807) is 19.4 Å². The third kappa shape index (κ3) is 3.64. The Morgan fingerprint density at radius 1 is 1.19 bits per heavy atom. The van der Waals surface area contributed by atoms with Gasteiger partial charge < -0.3 is 14.5 Å². The van der Waals surface area contributed by atoms with Gasteiger partial charge in [0.15, 0.2) is 0 Å². The monoisotopic (exact) mass is 349 g/mol. The van der Waals surface area contributed by atoms with Crippen LogP contribution in [-0.2, 0) is 4.79 Å². The lowest BCUT2D eigenvalue weighted by Gasteiger charge is -2.11. The van der Waals surface area contributed by atoms with E-state index in [-0.39, 0.29) is 11.9 Å². The minimum absolute atomic E-state index is 0.0921. The van der Waals surface area contributed by atoms with Gasteiger partial charge in [0.05, 0.1) is 13.4 Å². The molecular weight excluding hydrogens is 326 g/mol. The van der Waals surface area contributed by atoms with Crippen LogP contribution in [0.25, 0.3) is 27.7 Å². The van der Waals surface area contributed by atoms with Gasteiger partial charge in [-0.3, -0.25) is 4.79 Å². The molecule has 0 atom stereocenters. The molecule has 0 spiro atoms. The molecule has 0 unspecified atom stereocenters. The molecule has 0 radical (unpaired) electrons. The number of benzene rings is 2. The molecule has 0 aliphatic rings. The van der Waals surface area contributed by atoms with Gasteiger partial charge in [-0.15, -0.1) is 0 Å². The summed E-state index contributed by atoms with van der Waals surface area (Å²) in [5.41, 5.74) is 4.56. The van der Waals surface area contributed by atoms with Crippen LogP contribution in [0.4, 0.5) is 0 Å². The van der Waals surface area contributed by atoms with Crippen molar-refractivity contribution in [2.24, 2.45) is 0 Å². The Balaban J connectivity index is 2.10. The second-order valence-electron chi connectivity index (χ2n) is 6.55. The molecule has 4 heteroatoms. The van der Waals surface area contributed by atoms with Gasteiger partial charge in [-0.25, -0.2) is 0 Å². The topological polar surface area (TPSA) is 51.5 Å². The Bertz CT molecular complexity index is 952. The zero-order valence-electron chi connectivity index (χ0n) is 15.5. The first-order valence-electron chi connectivity index (χ1n) is 8.63. The molecule has 0 saturated heterocycles. The predicted octanol–water partition coefficient (Wildman–Crippen LogP) is 5.04. The quantitative estimate of drug-likeness (QED) is 0.657. The number of amides is 1. The van der Waals surface area contributed by atoms with E-state index in [4.69, 9.17) is 9.15 Å². The predicted molar refractivity (Wildman–Crippen MR) is 105 cm³/mol. The van der Waals surface area contributed by atoms with Crippen LogP contribution < -0.4 is 10.1 Å². The van der Waals surface area contributed by atoms with Crippen LogP contribution in [0.5, 0.6) is 5.75 Å². The summed E-state index contributed by atoms with van der Waals surface area (Å²) in [7, 11) is 1.62. The summed E-state index contributed by atoms with van der Waals surface area (Å²) in [6.07, 6.45) is 3.36. The Morgan fingerprint density at radius 3 is 2.58 bits per heavy atom. The summed E-state index contributed by atoms with van der Waals surface area (Å²) in [6, 6.07) is 14.1. The first-order valence-corrected chi connectivity index (χ1v) is 8.63. The van der Waals surface area contributed by atoms with Crippen LogP contribution in [0.3, 0.4) is 0 Å². The molecule has 1 amide bonds. The fraction of sp³-hybridized carbons (Fsp3) is 0.227. The van der Waals surface area contributed by atoms with Crippen molar-refractivity contribution >= 4 is 22.4 Å². The van der Waals surface area contributed by atoms with E-state index in [1.807, 2.05) is 63.2 Å². The highest BCUT2D eigenvalue weighted by atomic mass is 16.5. The van der Waals surface area contributed by atoms with E-state index in [9.17, 15) is 4.79 Å². The number of rotatable bonds is 5. The third-order valence-electron chi connectivity index (χ3n) is 4.18. The zero-order valence-corrected chi connectivity index (χ0v) is 15.5. The number of carbonyl (C=O) groups excluding carboxylic acids is 1. The van der Waals surface area contributed by atoms with Crippen LogP contribution in [0.1, 0.15) is 26.3 Å². The number of hydrogen-bond acceptors (Lipinski definition) is 3. The van der Waals surface area contributed by atoms with Crippen molar-refractivity contribution in [2.75, 3.05) is 7.11 Å². The van der Waals surface area contributed by atoms with Gasteiger partial charge in [0.1, 0.15) is 11.3 Å². The molecule has 26 heavy (non-hydrogen) atoms. The van der Waals surface area contributed by atoms with Crippen molar-refractivity contribution in [2.45, 2.75) is 26.8 Å². The summed E-state index contributed by atoms with van der Waals surface area (Å²) in [5, 5.41) is 3.87. The van der Waals surface area contributed by atoms with Crippen molar-refractivity contribution in [1.82, 2.24) is 5.32 Å². The number of fused-ring (bicyclic) bond motifs is 1. The number of furan rings is 1. The average molecular weight is 349 g/mol. The smallest absolute Gasteiger partial charge is 0.244 e. The van der Waals surface area contributed by atoms with Crippen LogP contribution in [0, 0.1) is 0 Å². The summed E-state index contributed by atoms with van der Waals surface area (Å²) in [6.45, 7) is 5.78. The number of ether oxygens (including phenoxy) is 1. The number of allylic oxidation sites excluding steroid dienone is 1. The maximum absolute atomic E-state index is 12.1. The lowest BCUT2D eigenvalue weighted by atomic mass is 9.99. The Morgan fingerprint density at radius 2 is 1.92 bits per heavy atom. The summed E-state index contributed by atoms with van der Waals surface area (Å²) >= 11 is 0. The Kier molecular flexibility index (Phi) is 5.12. The van der Waals surface area contributed by atoms with E-state index < -0.39 is 0 Å². The van der Waals surface area contributed by atoms with Gasteiger partial charge in [0, 0.05) is 34.7 Å². The fourth-order valence-corrected chi connectivity index (χ4v) is 2.97. The molecule has 3 rings (SSSR count). The minimum atomic E-state index is -0.116. The van der Waals surface area contributed by atoms with Gasteiger partial charge in [0.2, 0.25) is 5.91 Å². The lowest BCUT2D eigenvalue weighted by Crippen LogP contribution is -2.28. The molecular formula is C22H23NO3. The molecule has 0 fully saturated rings. The number of methoxy groups -OCH3 is 1. The fourth-order valence-electron chi connectivity index (χ4n) is 2.97. The number of carbonyl (C=O) groups is 1. The van der Waals surface area contributed by atoms with Gasteiger partial charge in [0.25, 0.3) is 0 Å². The highest BCUT2D eigenvalue weighted by Gasteiger charge is 2.14. The van der Waals surface area contributed by atoms with Crippen molar-refractivity contribution in [3.8, 4) is 16.9 Å². The van der Waals surface area contributed by atoms with Gasteiger partial charge >= 0.3 is 0 Å². The molecule has 3 aromatic rings. The molecule has 0 aliphatic carbocycles. The van der Waals surface area contributed by atoms with Crippen LogP contribution >= 0.6 is 0 Å². The second-order valence-corrected chi connectivity index (χ2v) is 6.55. The maximum atomic E-state index is 12.1. The molecule has 0 bridgehead atoms. The van der Waals surface area contributed by atoms with E-state index in [1.165, 1.54) is 0 Å². The molecule has 1 N–H and O–H groups in total.